The van der Waals surface area contributed by atoms with Crippen LogP contribution in [0.2, 0.25) is 0 Å². The normalized spacial score (nSPS) is 11.7. The van der Waals surface area contributed by atoms with E-state index >= 15 is 0 Å². The molecule has 1 atom stereocenters. The second-order valence-corrected chi connectivity index (χ2v) is 4.83. The first-order chi connectivity index (χ1) is 10.9. The molecular weight excluding hydrogens is 300 g/mol. The van der Waals surface area contributed by atoms with Gasteiger partial charge in [0.05, 0.1) is 5.69 Å². The van der Waals surface area contributed by atoms with Crippen molar-refractivity contribution in [3.8, 4) is 0 Å². The van der Waals surface area contributed by atoms with Gasteiger partial charge in [-0.2, -0.15) is 0 Å². The van der Waals surface area contributed by atoms with E-state index in [-0.39, 0.29) is 13.0 Å². The van der Waals surface area contributed by atoms with Gasteiger partial charge in [-0.15, -0.1) is 5.11 Å². The SMILES string of the molecule is C=CCOC(=O)N[C@@H](Cc1ccc(/N=N/N(C)C)cc1)C(=O)O. The Kier molecular flexibility index (Phi) is 7.25. The highest BCUT2D eigenvalue weighted by molar-refractivity contribution is 5.80. The lowest BCUT2D eigenvalue weighted by Gasteiger charge is -2.14. The number of amides is 1. The van der Waals surface area contributed by atoms with Crippen molar-refractivity contribution in [3.05, 3.63) is 42.5 Å². The van der Waals surface area contributed by atoms with E-state index in [0.29, 0.717) is 5.69 Å². The molecule has 0 radical (unpaired) electrons. The van der Waals surface area contributed by atoms with Crippen LogP contribution in [0.25, 0.3) is 0 Å². The first-order valence-electron chi connectivity index (χ1n) is 6.87. The Morgan fingerprint density at radius 1 is 1.39 bits per heavy atom. The molecule has 0 bridgehead atoms. The molecule has 0 aliphatic carbocycles. The summed E-state index contributed by atoms with van der Waals surface area (Å²) in [6.45, 7) is 3.43. The van der Waals surface area contributed by atoms with Gasteiger partial charge in [0.2, 0.25) is 0 Å². The van der Waals surface area contributed by atoms with Crippen molar-refractivity contribution >= 4 is 17.7 Å². The standard InChI is InChI=1S/C15H20N4O4/c1-4-9-23-15(22)16-13(14(20)21)10-11-5-7-12(8-6-11)17-18-19(2)3/h4-8,13H,1,9-10H2,2-3H3,(H,16,22)(H,20,21)/b18-17+/t13-/m0/s1. The molecule has 8 heteroatoms. The van der Waals surface area contributed by atoms with Gasteiger partial charge >= 0.3 is 12.1 Å². The number of carbonyl (C=O) groups is 2. The number of aliphatic carboxylic acids is 1. The Morgan fingerprint density at radius 3 is 2.57 bits per heavy atom. The highest BCUT2D eigenvalue weighted by Crippen LogP contribution is 2.15. The van der Waals surface area contributed by atoms with E-state index in [1.165, 1.54) is 6.08 Å². The highest BCUT2D eigenvalue weighted by Gasteiger charge is 2.20. The average molecular weight is 320 g/mol. The molecule has 8 nitrogen and oxygen atoms in total. The number of rotatable bonds is 8. The molecule has 0 fully saturated rings. The summed E-state index contributed by atoms with van der Waals surface area (Å²) in [6, 6.07) is 5.82. The number of hydrogen-bond donors (Lipinski definition) is 2. The van der Waals surface area contributed by atoms with Crippen molar-refractivity contribution < 1.29 is 19.4 Å². The molecule has 0 aliphatic rings. The lowest BCUT2D eigenvalue weighted by atomic mass is 10.1. The maximum absolute atomic E-state index is 11.4. The maximum Gasteiger partial charge on any atom is 0.408 e. The zero-order valence-corrected chi connectivity index (χ0v) is 13.1. The lowest BCUT2D eigenvalue weighted by molar-refractivity contribution is -0.139. The summed E-state index contributed by atoms with van der Waals surface area (Å²) in [7, 11) is 3.51. The molecule has 1 rings (SSSR count). The van der Waals surface area contributed by atoms with Crippen LogP contribution in [0.4, 0.5) is 10.5 Å². The number of ether oxygens (including phenoxy) is 1. The monoisotopic (exact) mass is 320 g/mol. The number of carbonyl (C=O) groups excluding carboxylic acids is 1. The number of hydrogen-bond acceptors (Lipinski definition) is 5. The van der Waals surface area contributed by atoms with E-state index in [1.807, 2.05) is 0 Å². The van der Waals surface area contributed by atoms with Gasteiger partial charge in [-0.25, -0.2) is 9.59 Å². The van der Waals surface area contributed by atoms with E-state index in [2.05, 4.69) is 22.2 Å². The summed E-state index contributed by atoms with van der Waals surface area (Å²) in [5.74, 6) is -1.14. The van der Waals surface area contributed by atoms with Crippen LogP contribution in [-0.4, -0.2) is 48.9 Å². The van der Waals surface area contributed by atoms with Crippen molar-refractivity contribution in [2.45, 2.75) is 12.5 Å². The maximum atomic E-state index is 11.4. The van der Waals surface area contributed by atoms with E-state index < -0.39 is 18.1 Å². The van der Waals surface area contributed by atoms with E-state index in [0.717, 1.165) is 5.56 Å². The second-order valence-electron chi connectivity index (χ2n) is 4.83. The van der Waals surface area contributed by atoms with Crippen LogP contribution in [0.15, 0.2) is 47.3 Å². The van der Waals surface area contributed by atoms with Crippen LogP contribution in [-0.2, 0) is 16.0 Å². The summed E-state index contributed by atoms with van der Waals surface area (Å²) in [6.07, 6.45) is 0.730. The van der Waals surface area contributed by atoms with Crippen LogP contribution >= 0.6 is 0 Å². The van der Waals surface area contributed by atoms with Gasteiger partial charge in [0.1, 0.15) is 12.6 Å². The Labute approximate surface area is 134 Å². The van der Waals surface area contributed by atoms with Crippen LogP contribution in [0.3, 0.4) is 0 Å². The Bertz CT molecular complexity index is 569. The molecule has 0 spiro atoms. The van der Waals surface area contributed by atoms with E-state index in [9.17, 15) is 14.7 Å². The van der Waals surface area contributed by atoms with Gasteiger partial charge in [0.25, 0.3) is 0 Å². The number of nitrogens with one attached hydrogen (secondary N) is 1. The van der Waals surface area contributed by atoms with Crippen molar-refractivity contribution in [3.63, 3.8) is 0 Å². The zero-order chi connectivity index (χ0) is 17.2. The molecule has 23 heavy (non-hydrogen) atoms. The molecule has 124 valence electrons. The number of alkyl carbamates (subject to hydrolysis) is 1. The first kappa shape index (κ1) is 18.1. The minimum Gasteiger partial charge on any atom is -0.480 e. The number of carboxylic acids is 1. The van der Waals surface area contributed by atoms with E-state index in [1.54, 1.807) is 43.4 Å². The van der Waals surface area contributed by atoms with Gasteiger partial charge < -0.3 is 15.2 Å². The fourth-order valence-electron chi connectivity index (χ4n) is 1.59. The number of carboxylic acid groups (broad SMARTS) is 1. The van der Waals surface area contributed by atoms with Crippen LogP contribution < -0.4 is 5.32 Å². The predicted octanol–water partition coefficient (Wildman–Crippen LogP) is 2.15. The largest absolute Gasteiger partial charge is 0.480 e. The molecule has 0 heterocycles. The zero-order valence-electron chi connectivity index (χ0n) is 13.1. The van der Waals surface area contributed by atoms with Crippen molar-refractivity contribution in [1.82, 2.24) is 10.3 Å². The van der Waals surface area contributed by atoms with Gasteiger partial charge in [-0.05, 0) is 17.7 Å². The summed E-state index contributed by atoms with van der Waals surface area (Å²) in [5, 5.41) is 20.9. The topological polar surface area (TPSA) is 104 Å². The number of benzene rings is 1. The van der Waals surface area contributed by atoms with Gasteiger partial charge in [-0.3, -0.25) is 5.01 Å². The van der Waals surface area contributed by atoms with Crippen LogP contribution in [0.1, 0.15) is 5.56 Å². The molecule has 0 aliphatic heterocycles. The third-order valence-electron chi connectivity index (χ3n) is 2.64. The van der Waals surface area contributed by atoms with Crippen LogP contribution in [0, 0.1) is 0 Å². The fraction of sp³-hybridized carbons (Fsp3) is 0.333. The smallest absolute Gasteiger partial charge is 0.408 e. The Morgan fingerprint density at radius 2 is 2.04 bits per heavy atom. The van der Waals surface area contributed by atoms with Crippen molar-refractivity contribution in [2.24, 2.45) is 10.3 Å². The average Bonchev–Trinajstić information content (AvgIpc) is 2.51. The lowest BCUT2D eigenvalue weighted by Crippen LogP contribution is -2.42. The molecular formula is C15H20N4O4. The van der Waals surface area contributed by atoms with Gasteiger partial charge in [-0.1, -0.05) is 30.0 Å². The third kappa shape index (κ3) is 7.07. The van der Waals surface area contributed by atoms with Gasteiger partial charge in [0.15, 0.2) is 0 Å². The number of nitrogens with zero attached hydrogens (tertiary/aromatic N) is 3. The molecule has 2 N–H and O–H groups in total. The van der Waals surface area contributed by atoms with Crippen molar-refractivity contribution in [2.75, 3.05) is 20.7 Å². The minimum atomic E-state index is -1.14. The first-order valence-corrected chi connectivity index (χ1v) is 6.87. The summed E-state index contributed by atoms with van der Waals surface area (Å²) in [4.78, 5) is 22.7. The molecule has 0 saturated heterocycles. The predicted molar refractivity (Wildman–Crippen MR) is 84.5 cm³/mol. The van der Waals surface area contributed by atoms with Crippen molar-refractivity contribution in [1.29, 1.82) is 0 Å². The Balaban J connectivity index is 2.67. The summed E-state index contributed by atoms with van der Waals surface area (Å²) >= 11 is 0. The fourth-order valence-corrected chi connectivity index (χ4v) is 1.59. The molecule has 0 unspecified atom stereocenters. The van der Waals surface area contributed by atoms with Gasteiger partial charge in [0, 0.05) is 20.5 Å². The molecule has 1 amide bonds. The quantitative estimate of drug-likeness (QED) is 0.434. The summed E-state index contributed by atoms with van der Waals surface area (Å²) < 4.78 is 4.72. The molecule has 1 aromatic rings. The van der Waals surface area contributed by atoms with Crippen LogP contribution in [0.5, 0.6) is 0 Å². The Hall–Kier alpha value is -2.90. The second kappa shape index (κ2) is 9.19. The summed E-state index contributed by atoms with van der Waals surface area (Å²) in [5.41, 5.74) is 1.39. The molecule has 0 aromatic heterocycles. The minimum absolute atomic E-state index is 0.0176. The molecule has 0 saturated carbocycles. The molecule has 1 aromatic carbocycles. The third-order valence-corrected chi connectivity index (χ3v) is 2.64. The van der Waals surface area contributed by atoms with E-state index in [4.69, 9.17) is 4.74 Å². The highest BCUT2D eigenvalue weighted by atomic mass is 16.5.